The van der Waals surface area contributed by atoms with Gasteiger partial charge in [-0.05, 0) is 32.6 Å². The smallest absolute Gasteiger partial charge is 0.423 e. The van der Waals surface area contributed by atoms with Crippen molar-refractivity contribution in [1.29, 1.82) is 0 Å². The molecule has 144 valence electrons. The lowest BCUT2D eigenvalue weighted by Crippen LogP contribution is -2.40. The van der Waals surface area contributed by atoms with Gasteiger partial charge in [0.2, 0.25) is 11.8 Å². The third kappa shape index (κ3) is 2.87. The van der Waals surface area contributed by atoms with E-state index >= 15 is 0 Å². The predicted molar refractivity (Wildman–Crippen MR) is 88.2 cm³/mol. The van der Waals surface area contributed by atoms with Crippen molar-refractivity contribution in [1.82, 2.24) is 19.7 Å². The maximum absolute atomic E-state index is 13.3. The number of rotatable bonds is 1. The first-order valence-corrected chi connectivity index (χ1v) is 9.00. The molecule has 3 heterocycles. The van der Waals surface area contributed by atoms with Crippen molar-refractivity contribution in [2.45, 2.75) is 50.9 Å². The Morgan fingerprint density at radius 2 is 2.04 bits per heavy atom. The van der Waals surface area contributed by atoms with Crippen molar-refractivity contribution in [2.75, 3.05) is 11.9 Å². The number of hydrogen-bond acceptors (Lipinski definition) is 6. The number of alkyl halides is 3. The molecule has 27 heavy (non-hydrogen) atoms. The molecular weight excluding hydrogens is 363 g/mol. The maximum Gasteiger partial charge on any atom is 0.423 e. The number of ether oxygens (including phenoxy) is 2. The number of halogens is 3. The summed E-state index contributed by atoms with van der Waals surface area (Å²) in [6.45, 7) is 2.22. The van der Waals surface area contributed by atoms with Crippen LogP contribution in [0.5, 0.6) is 11.6 Å². The molecule has 0 spiro atoms. The highest BCUT2D eigenvalue weighted by molar-refractivity contribution is 5.61. The van der Waals surface area contributed by atoms with Gasteiger partial charge in [-0.15, -0.1) is 0 Å². The molecule has 10 heteroatoms. The number of nitrogens with zero attached hydrogens (tertiary/aromatic N) is 4. The summed E-state index contributed by atoms with van der Waals surface area (Å²) in [5.74, 6) is 0.784. The molecule has 2 atom stereocenters. The van der Waals surface area contributed by atoms with Gasteiger partial charge in [0, 0.05) is 12.1 Å². The van der Waals surface area contributed by atoms with Crippen LogP contribution in [0.15, 0.2) is 6.20 Å². The molecule has 2 aliphatic carbocycles. The van der Waals surface area contributed by atoms with Crippen LogP contribution in [-0.2, 0) is 6.18 Å². The van der Waals surface area contributed by atoms with Crippen LogP contribution in [0.3, 0.4) is 0 Å². The van der Waals surface area contributed by atoms with E-state index in [9.17, 15) is 13.2 Å². The Morgan fingerprint density at radius 1 is 1.22 bits per heavy atom. The molecular formula is C17H18F3N5O2. The van der Waals surface area contributed by atoms with Gasteiger partial charge in [-0.3, -0.25) is 0 Å². The second-order valence-electron chi connectivity index (χ2n) is 7.28. The van der Waals surface area contributed by atoms with Crippen molar-refractivity contribution in [2.24, 2.45) is 5.92 Å². The summed E-state index contributed by atoms with van der Waals surface area (Å²) in [5, 5.41) is 7.55. The summed E-state index contributed by atoms with van der Waals surface area (Å²) in [6, 6.07) is 0.260. The molecule has 1 aliphatic heterocycles. The summed E-state index contributed by atoms with van der Waals surface area (Å²) < 4.78 is 53.5. The van der Waals surface area contributed by atoms with E-state index in [-0.39, 0.29) is 24.0 Å². The lowest BCUT2D eigenvalue weighted by molar-refractivity contribution is -0.140. The zero-order valence-electron chi connectivity index (χ0n) is 14.6. The lowest BCUT2D eigenvalue weighted by Gasteiger charge is -2.36. The predicted octanol–water partition coefficient (Wildman–Crippen LogP) is 3.63. The van der Waals surface area contributed by atoms with Gasteiger partial charge in [0.25, 0.3) is 0 Å². The maximum atomic E-state index is 13.3. The summed E-state index contributed by atoms with van der Waals surface area (Å²) >= 11 is 0. The second kappa shape index (κ2) is 5.74. The summed E-state index contributed by atoms with van der Waals surface area (Å²) in [6.07, 6.45) is -0.657. The van der Waals surface area contributed by atoms with E-state index in [0.717, 1.165) is 31.2 Å². The molecule has 5 rings (SSSR count). The number of aromatic nitrogens is 4. The Kier molecular flexibility index (Phi) is 3.54. The van der Waals surface area contributed by atoms with E-state index in [1.165, 1.54) is 0 Å². The van der Waals surface area contributed by atoms with E-state index in [2.05, 4.69) is 20.4 Å². The van der Waals surface area contributed by atoms with Gasteiger partial charge in [-0.25, -0.2) is 9.67 Å². The van der Waals surface area contributed by atoms with Crippen molar-refractivity contribution in [3.8, 4) is 11.6 Å². The third-order valence-electron chi connectivity index (χ3n) is 5.27. The van der Waals surface area contributed by atoms with Gasteiger partial charge in [0.15, 0.2) is 11.6 Å². The Hall–Kier alpha value is -2.52. The fourth-order valence-corrected chi connectivity index (χ4v) is 3.44. The van der Waals surface area contributed by atoms with Crippen LogP contribution >= 0.6 is 0 Å². The van der Waals surface area contributed by atoms with Crippen molar-refractivity contribution in [3.05, 3.63) is 17.5 Å². The van der Waals surface area contributed by atoms with Crippen molar-refractivity contribution in [3.63, 3.8) is 0 Å². The van der Waals surface area contributed by atoms with Crippen LogP contribution in [0.4, 0.5) is 24.9 Å². The highest BCUT2D eigenvalue weighted by Gasteiger charge is 2.41. The largest absolute Gasteiger partial charge is 0.487 e. The van der Waals surface area contributed by atoms with Gasteiger partial charge in [0.05, 0.1) is 12.6 Å². The topological polar surface area (TPSA) is 74.1 Å². The average molecular weight is 381 g/mol. The Balaban J connectivity index is 1.61. The van der Waals surface area contributed by atoms with E-state index in [0.29, 0.717) is 24.6 Å². The molecule has 7 nitrogen and oxygen atoms in total. The highest BCUT2D eigenvalue weighted by atomic mass is 19.4. The van der Waals surface area contributed by atoms with E-state index in [1.807, 2.05) is 11.6 Å². The quantitative estimate of drug-likeness (QED) is 0.813. The first-order valence-electron chi connectivity index (χ1n) is 9.00. The molecule has 1 unspecified atom stereocenters. The fourth-order valence-electron chi connectivity index (χ4n) is 3.44. The van der Waals surface area contributed by atoms with Crippen molar-refractivity contribution < 1.29 is 22.6 Å². The monoisotopic (exact) mass is 381 g/mol. The molecule has 2 aromatic heterocycles. The van der Waals surface area contributed by atoms with Crippen LogP contribution in [0.1, 0.15) is 43.0 Å². The molecule has 3 aliphatic rings. The average Bonchev–Trinajstić information content (AvgIpc) is 3.38. The van der Waals surface area contributed by atoms with Gasteiger partial charge in [-0.1, -0.05) is 0 Å². The molecule has 0 radical (unpaired) electrons. The van der Waals surface area contributed by atoms with Crippen molar-refractivity contribution >= 4 is 11.8 Å². The van der Waals surface area contributed by atoms with Gasteiger partial charge in [0.1, 0.15) is 17.4 Å². The molecule has 2 aromatic rings. The minimum absolute atomic E-state index is 0.0131. The molecule has 0 saturated heterocycles. The zero-order valence-corrected chi connectivity index (χ0v) is 14.6. The second-order valence-corrected chi connectivity index (χ2v) is 7.28. The lowest BCUT2D eigenvalue weighted by atomic mass is 9.82. The standard InChI is InChI=1S/C17H18F3N5O2/c1-8-13-14(25(24-8)10-3-4-10)22-16-21-6-11(17(18,19)20)15(23-16)27-12-5-2-9(12)7-26-13/h6,9-10,12H,2-5,7H2,1H3,(H,21,22,23)/t9?,12-/m1/s1. The molecule has 0 aromatic carbocycles. The van der Waals surface area contributed by atoms with Crippen LogP contribution in [-0.4, -0.2) is 32.5 Å². The van der Waals surface area contributed by atoms with Gasteiger partial charge >= 0.3 is 6.18 Å². The zero-order chi connectivity index (χ0) is 18.8. The Morgan fingerprint density at radius 3 is 2.70 bits per heavy atom. The SMILES string of the molecule is Cc1nn(C2CC2)c2c1OCC1CC[C@H]1Oc1nc(ncc1C(F)(F)F)N2. The molecule has 2 bridgehead atoms. The van der Waals surface area contributed by atoms with Crippen LogP contribution in [0.2, 0.25) is 0 Å². The van der Waals surface area contributed by atoms with Crippen LogP contribution < -0.4 is 14.8 Å². The first-order chi connectivity index (χ1) is 12.9. The Labute approximate surface area is 152 Å². The minimum Gasteiger partial charge on any atom is -0.487 e. The number of fused-ring (bicyclic) bond motifs is 4. The number of hydrogen-bond donors (Lipinski definition) is 1. The minimum atomic E-state index is -4.58. The van der Waals surface area contributed by atoms with E-state index in [4.69, 9.17) is 9.47 Å². The molecule has 2 fully saturated rings. The fraction of sp³-hybridized carbons (Fsp3) is 0.588. The third-order valence-corrected chi connectivity index (χ3v) is 5.27. The summed E-state index contributed by atoms with van der Waals surface area (Å²) in [7, 11) is 0. The van der Waals surface area contributed by atoms with Gasteiger partial charge in [-0.2, -0.15) is 23.3 Å². The normalized spacial score (nSPS) is 24.3. The van der Waals surface area contributed by atoms with Crippen LogP contribution in [0, 0.1) is 12.8 Å². The molecule has 0 amide bonds. The molecule has 2 saturated carbocycles. The summed E-state index contributed by atoms with van der Waals surface area (Å²) in [4.78, 5) is 7.88. The number of nitrogens with one attached hydrogen (secondary N) is 1. The van der Waals surface area contributed by atoms with Gasteiger partial charge < -0.3 is 14.8 Å². The van der Waals surface area contributed by atoms with E-state index in [1.54, 1.807) is 0 Å². The summed E-state index contributed by atoms with van der Waals surface area (Å²) in [5.41, 5.74) is -0.237. The number of anilines is 2. The van der Waals surface area contributed by atoms with Crippen LogP contribution in [0.25, 0.3) is 0 Å². The Bertz CT molecular complexity index is 893. The number of aryl methyl sites for hydroxylation is 1. The van der Waals surface area contributed by atoms with E-state index < -0.39 is 17.6 Å². The highest BCUT2D eigenvalue weighted by Crippen LogP contribution is 2.44. The molecule has 1 N–H and O–H groups in total. The first kappa shape index (κ1) is 16.6.